The Bertz CT molecular complexity index is 431. The number of nitrogens with two attached hydrogens (primary N) is 2. The van der Waals surface area contributed by atoms with Gasteiger partial charge in [0.05, 0.1) is 6.61 Å². The molecule has 0 aliphatic rings. The summed E-state index contributed by atoms with van der Waals surface area (Å²) >= 11 is 0. The van der Waals surface area contributed by atoms with Crippen molar-refractivity contribution in [1.82, 2.24) is 0 Å². The van der Waals surface area contributed by atoms with Gasteiger partial charge in [0.1, 0.15) is 5.75 Å². The van der Waals surface area contributed by atoms with Crippen LogP contribution in [0, 0.1) is 0 Å². The Balaban J connectivity index is 0.00000361. The minimum absolute atomic E-state index is 0. The van der Waals surface area contributed by atoms with Gasteiger partial charge in [-0.15, -0.1) is 24.0 Å². The molecule has 0 atom stereocenters. The molecule has 0 bridgehead atoms. The zero-order chi connectivity index (χ0) is 14.1. The number of nitrogens with zero attached hydrogens (tertiary/aromatic N) is 1. The van der Waals surface area contributed by atoms with E-state index in [0.717, 1.165) is 12.0 Å². The van der Waals surface area contributed by atoms with Crippen LogP contribution in [0.3, 0.4) is 0 Å². The van der Waals surface area contributed by atoms with Crippen molar-refractivity contribution < 1.29 is 14.3 Å². The summed E-state index contributed by atoms with van der Waals surface area (Å²) in [5.74, 6) is 0.340. The van der Waals surface area contributed by atoms with E-state index in [-0.39, 0.29) is 42.5 Å². The molecule has 0 aliphatic carbocycles. The normalized spacial score (nSPS) is 9.25. The fourth-order valence-electron chi connectivity index (χ4n) is 1.41. The number of carbonyl (C=O) groups excluding carboxylic acids is 1. The maximum Gasteiger partial charge on any atom is 0.344 e. The van der Waals surface area contributed by atoms with Crippen molar-refractivity contribution in [2.45, 2.75) is 13.3 Å². The molecule has 1 aromatic carbocycles. The third-order valence-electron chi connectivity index (χ3n) is 2.28. The maximum absolute atomic E-state index is 11.1. The molecule has 0 aliphatic heterocycles. The Labute approximate surface area is 135 Å². The van der Waals surface area contributed by atoms with Crippen LogP contribution in [0.2, 0.25) is 0 Å². The lowest BCUT2D eigenvalue weighted by Crippen LogP contribution is -2.23. The lowest BCUT2D eigenvalue weighted by Gasteiger charge is -2.06. The van der Waals surface area contributed by atoms with E-state index in [1.807, 2.05) is 12.1 Å². The van der Waals surface area contributed by atoms with Crippen molar-refractivity contribution in [1.29, 1.82) is 0 Å². The molecular weight excluding hydrogens is 373 g/mol. The Morgan fingerprint density at radius 3 is 2.45 bits per heavy atom. The highest BCUT2D eigenvalue weighted by Crippen LogP contribution is 2.12. The third-order valence-corrected chi connectivity index (χ3v) is 2.28. The fourth-order valence-corrected chi connectivity index (χ4v) is 1.41. The van der Waals surface area contributed by atoms with Crippen molar-refractivity contribution in [3.63, 3.8) is 0 Å². The zero-order valence-electron chi connectivity index (χ0n) is 11.4. The molecule has 6 nitrogen and oxygen atoms in total. The van der Waals surface area contributed by atoms with Crippen molar-refractivity contribution in [2.24, 2.45) is 16.5 Å². The second kappa shape index (κ2) is 10.3. The molecular formula is C13H20IN3O3. The van der Waals surface area contributed by atoms with Crippen LogP contribution in [-0.2, 0) is 16.0 Å². The molecule has 0 unspecified atom stereocenters. The molecule has 0 saturated carbocycles. The van der Waals surface area contributed by atoms with E-state index in [0.29, 0.717) is 18.9 Å². The van der Waals surface area contributed by atoms with E-state index in [1.165, 1.54) is 0 Å². The molecule has 112 valence electrons. The summed E-state index contributed by atoms with van der Waals surface area (Å²) in [6.07, 6.45) is 0.746. The Morgan fingerprint density at radius 1 is 1.25 bits per heavy atom. The van der Waals surface area contributed by atoms with Gasteiger partial charge in [-0.05, 0) is 31.0 Å². The van der Waals surface area contributed by atoms with Gasteiger partial charge in [-0.2, -0.15) is 0 Å². The van der Waals surface area contributed by atoms with Crippen LogP contribution in [0.25, 0.3) is 0 Å². The minimum atomic E-state index is -0.376. The third kappa shape index (κ3) is 7.82. The summed E-state index contributed by atoms with van der Waals surface area (Å²) in [5.41, 5.74) is 11.6. The van der Waals surface area contributed by atoms with Crippen molar-refractivity contribution >= 4 is 35.9 Å². The highest BCUT2D eigenvalue weighted by molar-refractivity contribution is 14.0. The van der Waals surface area contributed by atoms with Gasteiger partial charge in [0.25, 0.3) is 0 Å². The topological polar surface area (TPSA) is 99.9 Å². The van der Waals surface area contributed by atoms with Crippen LogP contribution in [0.1, 0.15) is 12.5 Å². The number of halogens is 1. The fraction of sp³-hybridized carbons (Fsp3) is 0.385. The number of ether oxygens (including phenoxy) is 2. The van der Waals surface area contributed by atoms with Crippen LogP contribution in [0.15, 0.2) is 29.3 Å². The predicted molar refractivity (Wildman–Crippen MR) is 88.4 cm³/mol. The summed E-state index contributed by atoms with van der Waals surface area (Å²) in [7, 11) is 0. The van der Waals surface area contributed by atoms with Crippen LogP contribution in [-0.4, -0.2) is 31.7 Å². The van der Waals surface area contributed by atoms with E-state index in [9.17, 15) is 4.79 Å². The second-order valence-electron chi connectivity index (χ2n) is 3.79. The number of rotatable bonds is 7. The summed E-state index contributed by atoms with van der Waals surface area (Å²) < 4.78 is 10.0. The van der Waals surface area contributed by atoms with Gasteiger partial charge in [0.15, 0.2) is 12.6 Å². The van der Waals surface area contributed by atoms with Gasteiger partial charge in [-0.3, -0.25) is 4.99 Å². The lowest BCUT2D eigenvalue weighted by atomic mass is 10.1. The molecule has 0 radical (unpaired) electrons. The highest BCUT2D eigenvalue weighted by atomic mass is 127. The van der Waals surface area contributed by atoms with Gasteiger partial charge < -0.3 is 20.9 Å². The monoisotopic (exact) mass is 393 g/mol. The summed E-state index contributed by atoms with van der Waals surface area (Å²) in [6, 6.07) is 7.40. The summed E-state index contributed by atoms with van der Waals surface area (Å²) in [5, 5.41) is 0. The number of benzene rings is 1. The molecule has 0 amide bonds. The molecule has 0 aromatic heterocycles. The largest absolute Gasteiger partial charge is 0.482 e. The van der Waals surface area contributed by atoms with Crippen LogP contribution in [0.5, 0.6) is 5.75 Å². The minimum Gasteiger partial charge on any atom is -0.482 e. The Kier molecular flexibility index (Phi) is 9.52. The molecule has 7 heteroatoms. The van der Waals surface area contributed by atoms with Crippen LogP contribution in [0.4, 0.5) is 0 Å². The van der Waals surface area contributed by atoms with Gasteiger partial charge in [0, 0.05) is 6.54 Å². The first-order valence-electron chi connectivity index (χ1n) is 6.04. The second-order valence-corrected chi connectivity index (χ2v) is 3.79. The van der Waals surface area contributed by atoms with E-state index in [1.54, 1.807) is 19.1 Å². The van der Waals surface area contributed by atoms with Gasteiger partial charge >= 0.3 is 5.97 Å². The maximum atomic E-state index is 11.1. The standard InChI is InChI=1S/C13H19N3O3.HI/c1-2-18-12(17)9-19-11-5-3-10(4-6-11)7-8-16-13(14)15;/h3-6H,2,7-9H2,1H3,(H4,14,15,16);1H. The van der Waals surface area contributed by atoms with Gasteiger partial charge in [0.2, 0.25) is 0 Å². The summed E-state index contributed by atoms with van der Waals surface area (Å²) in [6.45, 7) is 2.57. The van der Waals surface area contributed by atoms with E-state index in [4.69, 9.17) is 20.9 Å². The SMILES string of the molecule is CCOC(=O)COc1ccc(CCN=C(N)N)cc1.I. The molecule has 0 heterocycles. The highest BCUT2D eigenvalue weighted by Gasteiger charge is 2.02. The molecule has 0 saturated heterocycles. The zero-order valence-corrected chi connectivity index (χ0v) is 13.7. The Hall–Kier alpha value is -1.51. The molecule has 4 N–H and O–H groups in total. The average Bonchev–Trinajstić information content (AvgIpc) is 2.38. The van der Waals surface area contributed by atoms with Crippen molar-refractivity contribution in [2.75, 3.05) is 19.8 Å². The van der Waals surface area contributed by atoms with E-state index in [2.05, 4.69) is 4.99 Å². The molecule has 1 rings (SSSR count). The van der Waals surface area contributed by atoms with Gasteiger partial charge in [-0.25, -0.2) is 4.79 Å². The summed E-state index contributed by atoms with van der Waals surface area (Å²) in [4.78, 5) is 15.0. The van der Waals surface area contributed by atoms with Crippen LogP contribution >= 0.6 is 24.0 Å². The van der Waals surface area contributed by atoms with Gasteiger partial charge in [-0.1, -0.05) is 12.1 Å². The van der Waals surface area contributed by atoms with E-state index >= 15 is 0 Å². The first-order chi connectivity index (χ1) is 9.11. The molecule has 0 spiro atoms. The number of hydrogen-bond acceptors (Lipinski definition) is 4. The Morgan fingerprint density at radius 2 is 1.90 bits per heavy atom. The average molecular weight is 393 g/mol. The number of carbonyl (C=O) groups is 1. The first kappa shape index (κ1) is 18.5. The number of esters is 1. The van der Waals surface area contributed by atoms with Crippen molar-refractivity contribution in [3.05, 3.63) is 29.8 Å². The quantitative estimate of drug-likeness (QED) is 0.312. The number of aliphatic imine (C=N–C) groups is 1. The number of hydrogen-bond donors (Lipinski definition) is 2. The molecule has 0 fully saturated rings. The number of guanidine groups is 1. The first-order valence-corrected chi connectivity index (χ1v) is 6.04. The smallest absolute Gasteiger partial charge is 0.344 e. The van der Waals surface area contributed by atoms with E-state index < -0.39 is 0 Å². The van der Waals surface area contributed by atoms with Crippen molar-refractivity contribution in [3.8, 4) is 5.75 Å². The van der Waals surface area contributed by atoms with Crippen LogP contribution < -0.4 is 16.2 Å². The predicted octanol–water partition coefficient (Wildman–Crippen LogP) is 1.06. The lowest BCUT2D eigenvalue weighted by molar-refractivity contribution is -0.145. The molecule has 20 heavy (non-hydrogen) atoms. The molecule has 1 aromatic rings.